The van der Waals surface area contributed by atoms with Gasteiger partial charge in [-0.15, -0.1) is 0 Å². The van der Waals surface area contributed by atoms with Crippen LogP contribution in [0.4, 0.5) is 8.78 Å². The van der Waals surface area contributed by atoms with Crippen molar-refractivity contribution in [1.82, 2.24) is 0 Å². The summed E-state index contributed by atoms with van der Waals surface area (Å²) in [7, 11) is -4.16. The molecular weight excluding hydrogens is 229 g/mol. The molecule has 0 unspecified atom stereocenters. The van der Waals surface area contributed by atoms with Gasteiger partial charge in [-0.05, 0) is 12.8 Å². The first-order valence-electron chi connectivity index (χ1n) is 3.63. The third kappa shape index (κ3) is 16.1. The number of unbranched alkanes of at least 4 members (excludes halogenated alkanes) is 2. The molecule has 0 aliphatic carbocycles. The largest absolute Gasteiger partial charge is 1.00 e. The van der Waals surface area contributed by atoms with Crippen molar-refractivity contribution in [3.63, 3.8) is 0 Å². The molecule has 0 radical (unpaired) electrons. The van der Waals surface area contributed by atoms with E-state index >= 15 is 0 Å². The summed E-state index contributed by atoms with van der Waals surface area (Å²) in [5.41, 5.74) is 0. The van der Waals surface area contributed by atoms with Gasteiger partial charge in [-0.2, -0.15) is 0 Å². The summed E-state index contributed by atoms with van der Waals surface area (Å²) in [5.74, 6) is -0.448. The minimum absolute atomic E-state index is 0. The van der Waals surface area contributed by atoms with Crippen LogP contribution in [0.3, 0.4) is 0 Å². The summed E-state index contributed by atoms with van der Waals surface area (Å²) >= 11 is 0. The van der Waals surface area contributed by atoms with Crippen molar-refractivity contribution in [1.29, 1.82) is 0 Å². The first-order valence-corrected chi connectivity index (χ1v) is 5.21. The zero-order chi connectivity index (χ0) is 9.61. The Morgan fingerprint density at radius 3 is 2.08 bits per heavy atom. The van der Waals surface area contributed by atoms with Gasteiger partial charge < -0.3 is 4.55 Å². The van der Waals surface area contributed by atoms with Crippen LogP contribution in [0.15, 0.2) is 0 Å². The van der Waals surface area contributed by atoms with Crippen molar-refractivity contribution in [3.05, 3.63) is 0 Å². The Morgan fingerprint density at radius 1 is 1.15 bits per heavy atom. The number of rotatable bonds is 6. The van der Waals surface area contributed by atoms with E-state index in [4.69, 9.17) is 0 Å². The molecule has 0 N–H and O–H groups in total. The Balaban J connectivity index is 0. The third-order valence-electron chi connectivity index (χ3n) is 1.32. The maximum absolute atomic E-state index is 11.5. The molecule has 0 saturated carbocycles. The Labute approximate surface area is 119 Å². The first-order chi connectivity index (χ1) is 5.42. The number of hydrogen-bond acceptors (Lipinski definition) is 3. The van der Waals surface area contributed by atoms with Crippen LogP contribution >= 0.6 is 0 Å². The van der Waals surface area contributed by atoms with Gasteiger partial charge in [0, 0.05) is 12.2 Å². The fraction of sp³-hybridized carbons (Fsp3) is 1.00. The molecule has 0 bridgehead atoms. The van der Waals surface area contributed by atoms with Crippen molar-refractivity contribution >= 4 is 10.1 Å². The molecule has 74 valence electrons. The standard InChI is InChI=1S/C6H12F2O3S.K/c7-6(8)4-2-1-3-5-12(9,10)11;/h6H,1-5H2,(H,9,10,11);/q;+1/p-1. The third-order valence-corrected chi connectivity index (χ3v) is 2.11. The van der Waals surface area contributed by atoms with E-state index in [0.29, 0.717) is 6.42 Å². The van der Waals surface area contributed by atoms with Crippen molar-refractivity contribution in [2.24, 2.45) is 0 Å². The smallest absolute Gasteiger partial charge is 0.748 e. The average molecular weight is 240 g/mol. The fourth-order valence-electron chi connectivity index (χ4n) is 0.754. The minimum atomic E-state index is -4.16. The summed E-state index contributed by atoms with van der Waals surface area (Å²) in [6, 6.07) is 0. The molecule has 0 aliphatic heterocycles. The van der Waals surface area contributed by atoms with E-state index in [1.54, 1.807) is 0 Å². The van der Waals surface area contributed by atoms with E-state index in [2.05, 4.69) is 0 Å². The molecule has 0 amide bonds. The summed E-state index contributed by atoms with van der Waals surface area (Å²) in [6.45, 7) is 0. The van der Waals surface area contributed by atoms with E-state index in [0.717, 1.165) is 0 Å². The predicted octanol–water partition coefficient (Wildman–Crippen LogP) is -1.64. The SMILES string of the molecule is O=S(=O)([O-])CCCCCC(F)F.[K+]. The summed E-state index contributed by atoms with van der Waals surface area (Å²) in [4.78, 5) is 0. The molecule has 0 saturated heterocycles. The summed E-state index contributed by atoms with van der Waals surface area (Å²) in [6.07, 6.45) is -1.75. The molecule has 7 heteroatoms. The van der Waals surface area contributed by atoms with Crippen LogP contribution < -0.4 is 51.4 Å². The van der Waals surface area contributed by atoms with Gasteiger partial charge in [0.15, 0.2) is 0 Å². The van der Waals surface area contributed by atoms with Gasteiger partial charge in [-0.3, -0.25) is 0 Å². The Hall–Kier alpha value is 1.41. The molecular formula is C6H11F2KO3S. The Bertz CT molecular complexity index is 206. The van der Waals surface area contributed by atoms with Crippen LogP contribution in [0.5, 0.6) is 0 Å². The topological polar surface area (TPSA) is 57.2 Å². The van der Waals surface area contributed by atoms with Crippen LogP contribution in [0, 0.1) is 0 Å². The van der Waals surface area contributed by atoms with E-state index < -0.39 is 22.3 Å². The normalized spacial score (nSPS) is 11.4. The second-order valence-corrected chi connectivity index (χ2v) is 4.03. The second-order valence-electron chi connectivity index (χ2n) is 2.50. The summed E-state index contributed by atoms with van der Waals surface area (Å²) < 4.78 is 53.1. The van der Waals surface area contributed by atoms with Crippen molar-refractivity contribution in [2.45, 2.75) is 32.1 Å². The molecule has 0 atom stereocenters. The molecule has 0 aromatic rings. The summed E-state index contributed by atoms with van der Waals surface area (Å²) in [5, 5.41) is 0. The van der Waals surface area contributed by atoms with Gasteiger partial charge in [0.05, 0.1) is 10.1 Å². The molecule has 13 heavy (non-hydrogen) atoms. The Morgan fingerprint density at radius 2 is 1.69 bits per heavy atom. The van der Waals surface area contributed by atoms with Gasteiger partial charge in [0.25, 0.3) is 0 Å². The second kappa shape index (κ2) is 8.69. The molecule has 0 aromatic carbocycles. The van der Waals surface area contributed by atoms with Gasteiger partial charge in [0.1, 0.15) is 0 Å². The average Bonchev–Trinajstić information content (AvgIpc) is 1.83. The van der Waals surface area contributed by atoms with Gasteiger partial charge in [0.2, 0.25) is 6.43 Å². The van der Waals surface area contributed by atoms with E-state index in [1.807, 2.05) is 0 Å². The molecule has 0 spiro atoms. The first kappa shape index (κ1) is 16.8. The predicted molar refractivity (Wildman–Crippen MR) is 39.0 cm³/mol. The maximum Gasteiger partial charge on any atom is 1.00 e. The van der Waals surface area contributed by atoms with E-state index in [9.17, 15) is 21.8 Å². The van der Waals surface area contributed by atoms with Crippen LogP contribution in [0.1, 0.15) is 25.7 Å². The van der Waals surface area contributed by atoms with Gasteiger partial charge >= 0.3 is 51.4 Å². The Kier molecular flexibility index (Phi) is 11.2. The van der Waals surface area contributed by atoms with E-state index in [-0.39, 0.29) is 70.6 Å². The van der Waals surface area contributed by atoms with Crippen LogP contribution in [0.25, 0.3) is 0 Å². The number of hydrogen-bond donors (Lipinski definition) is 0. The van der Waals surface area contributed by atoms with Gasteiger partial charge in [-0.25, -0.2) is 17.2 Å². The molecule has 0 fully saturated rings. The monoisotopic (exact) mass is 240 g/mol. The number of halogens is 2. The minimum Gasteiger partial charge on any atom is -0.748 e. The molecule has 0 aromatic heterocycles. The van der Waals surface area contributed by atoms with Crippen LogP contribution in [0.2, 0.25) is 0 Å². The maximum atomic E-state index is 11.5. The van der Waals surface area contributed by atoms with Crippen molar-refractivity contribution in [2.75, 3.05) is 5.75 Å². The zero-order valence-corrected chi connectivity index (χ0v) is 11.4. The molecule has 0 heterocycles. The quantitative estimate of drug-likeness (QED) is 0.318. The molecule has 0 aliphatic rings. The van der Waals surface area contributed by atoms with Gasteiger partial charge in [-0.1, -0.05) is 6.42 Å². The van der Waals surface area contributed by atoms with Crippen LogP contribution in [-0.2, 0) is 10.1 Å². The van der Waals surface area contributed by atoms with Crippen molar-refractivity contribution < 1.29 is 73.1 Å². The van der Waals surface area contributed by atoms with Crippen molar-refractivity contribution in [3.8, 4) is 0 Å². The fourth-order valence-corrected chi connectivity index (χ4v) is 1.31. The number of alkyl halides is 2. The zero-order valence-electron chi connectivity index (χ0n) is 7.50. The van der Waals surface area contributed by atoms with E-state index in [1.165, 1.54) is 0 Å². The van der Waals surface area contributed by atoms with Crippen LogP contribution in [-0.4, -0.2) is 25.1 Å². The molecule has 0 rings (SSSR count). The molecule has 3 nitrogen and oxygen atoms in total.